The van der Waals surface area contributed by atoms with Gasteiger partial charge in [0.2, 0.25) is 0 Å². The predicted octanol–water partition coefficient (Wildman–Crippen LogP) is 2.90. The molecule has 0 saturated carbocycles. The smallest absolute Gasteiger partial charge is 0.339 e. The highest BCUT2D eigenvalue weighted by atomic mass is 16.5. The van der Waals surface area contributed by atoms with Crippen molar-refractivity contribution in [3.05, 3.63) is 58.4 Å². The van der Waals surface area contributed by atoms with E-state index in [2.05, 4.69) is 6.07 Å². The molecule has 2 rings (SSSR count). The van der Waals surface area contributed by atoms with Gasteiger partial charge in [-0.2, -0.15) is 5.26 Å². The van der Waals surface area contributed by atoms with Crippen LogP contribution >= 0.6 is 0 Å². The number of benzene rings is 1. The fourth-order valence-electron chi connectivity index (χ4n) is 2.55. The zero-order valence-electron chi connectivity index (χ0n) is 14.5. The third-order valence-corrected chi connectivity index (χ3v) is 3.88. The van der Waals surface area contributed by atoms with E-state index in [9.17, 15) is 9.59 Å². The van der Waals surface area contributed by atoms with Crippen molar-refractivity contribution < 1.29 is 19.1 Å². The molecule has 0 bridgehead atoms. The third kappa shape index (κ3) is 4.27. The lowest BCUT2D eigenvalue weighted by atomic mass is 10.1. The number of carbonyl (C=O) groups is 2. The molecule has 0 amide bonds. The van der Waals surface area contributed by atoms with E-state index < -0.39 is 11.9 Å². The van der Waals surface area contributed by atoms with E-state index in [4.69, 9.17) is 14.7 Å². The van der Waals surface area contributed by atoms with Crippen molar-refractivity contribution in [2.45, 2.75) is 33.9 Å². The summed E-state index contributed by atoms with van der Waals surface area (Å²) in [5.41, 5.74) is 3.02. The summed E-state index contributed by atoms with van der Waals surface area (Å²) in [7, 11) is 0. The number of ether oxygens (including phenoxy) is 2. The highest BCUT2D eigenvalue weighted by molar-refractivity contribution is 5.91. The summed E-state index contributed by atoms with van der Waals surface area (Å²) in [4.78, 5) is 24.1. The maximum atomic E-state index is 12.2. The van der Waals surface area contributed by atoms with Crippen molar-refractivity contribution in [3.8, 4) is 6.07 Å². The Bertz CT molecular complexity index is 830. The topological polar surface area (TPSA) is 81.3 Å². The predicted molar refractivity (Wildman–Crippen MR) is 90.8 cm³/mol. The fraction of sp³-hybridized carbons (Fsp3) is 0.316. The van der Waals surface area contributed by atoms with Crippen molar-refractivity contribution >= 4 is 11.9 Å². The van der Waals surface area contributed by atoms with Crippen molar-refractivity contribution in [2.75, 3.05) is 6.61 Å². The Hall–Kier alpha value is -3.07. The average Bonchev–Trinajstić information content (AvgIpc) is 2.88. The summed E-state index contributed by atoms with van der Waals surface area (Å²) in [6.45, 7) is 5.64. The minimum atomic E-state index is -0.440. The first-order valence-corrected chi connectivity index (χ1v) is 7.95. The first-order chi connectivity index (χ1) is 12.0. The number of hydrogen-bond acceptors (Lipinski definition) is 5. The standard InChI is InChI=1S/C19H20N2O4/c1-4-24-19(23)17-9-13(2)21(14(17)3)11-18(22)25-12-16-8-6-5-7-15(16)10-20/h5-9H,4,11-12H2,1-3H3. The zero-order valence-corrected chi connectivity index (χ0v) is 14.5. The largest absolute Gasteiger partial charge is 0.462 e. The Morgan fingerprint density at radius 3 is 2.60 bits per heavy atom. The van der Waals surface area contributed by atoms with E-state index in [-0.39, 0.29) is 13.2 Å². The van der Waals surface area contributed by atoms with Crippen LogP contribution in [0, 0.1) is 25.2 Å². The Balaban J connectivity index is 2.06. The molecule has 6 nitrogen and oxygen atoms in total. The molecule has 1 aromatic heterocycles. The first-order valence-electron chi connectivity index (χ1n) is 7.95. The van der Waals surface area contributed by atoms with Gasteiger partial charge in [0, 0.05) is 17.0 Å². The second kappa shape index (κ2) is 8.15. The molecule has 0 fully saturated rings. The maximum Gasteiger partial charge on any atom is 0.339 e. The number of aryl methyl sites for hydroxylation is 1. The summed E-state index contributed by atoms with van der Waals surface area (Å²) >= 11 is 0. The van der Waals surface area contributed by atoms with Gasteiger partial charge in [-0.1, -0.05) is 18.2 Å². The van der Waals surface area contributed by atoms with Crippen molar-refractivity contribution in [1.29, 1.82) is 5.26 Å². The molecule has 0 saturated heterocycles. The minimum Gasteiger partial charge on any atom is -0.462 e. The Morgan fingerprint density at radius 2 is 1.92 bits per heavy atom. The first kappa shape index (κ1) is 18.3. The zero-order chi connectivity index (χ0) is 18.4. The van der Waals surface area contributed by atoms with Crippen LogP contribution in [0.25, 0.3) is 0 Å². The molecule has 6 heteroatoms. The maximum absolute atomic E-state index is 12.2. The Kier molecular flexibility index (Phi) is 5.96. The number of rotatable bonds is 6. The van der Waals surface area contributed by atoms with E-state index in [1.807, 2.05) is 6.92 Å². The van der Waals surface area contributed by atoms with Gasteiger partial charge in [-0.25, -0.2) is 4.79 Å². The lowest BCUT2D eigenvalue weighted by molar-refractivity contribution is -0.145. The lowest BCUT2D eigenvalue weighted by Gasteiger charge is -2.10. The van der Waals surface area contributed by atoms with Crippen LogP contribution in [0.5, 0.6) is 0 Å². The molecule has 2 aromatic rings. The van der Waals surface area contributed by atoms with Crippen LogP contribution in [0.1, 0.15) is 39.8 Å². The number of esters is 2. The summed E-state index contributed by atoms with van der Waals surface area (Å²) < 4.78 is 12.0. The molecular formula is C19H20N2O4. The molecule has 0 radical (unpaired) electrons. The third-order valence-electron chi connectivity index (χ3n) is 3.88. The minimum absolute atomic E-state index is 0.00814. The Labute approximate surface area is 146 Å². The van der Waals surface area contributed by atoms with Crippen molar-refractivity contribution in [1.82, 2.24) is 4.57 Å². The lowest BCUT2D eigenvalue weighted by Crippen LogP contribution is -2.16. The van der Waals surface area contributed by atoms with Crippen LogP contribution < -0.4 is 0 Å². The van der Waals surface area contributed by atoms with Gasteiger partial charge in [0.05, 0.1) is 23.8 Å². The van der Waals surface area contributed by atoms with Gasteiger partial charge in [-0.15, -0.1) is 0 Å². The van der Waals surface area contributed by atoms with Gasteiger partial charge in [0.25, 0.3) is 0 Å². The van der Waals surface area contributed by atoms with E-state index >= 15 is 0 Å². The molecular weight excluding hydrogens is 320 g/mol. The van der Waals surface area contributed by atoms with E-state index in [0.717, 1.165) is 5.69 Å². The van der Waals surface area contributed by atoms with Gasteiger partial charge in [-0.3, -0.25) is 4.79 Å². The van der Waals surface area contributed by atoms with Crippen LogP contribution in [0.3, 0.4) is 0 Å². The average molecular weight is 340 g/mol. The molecule has 0 atom stereocenters. The number of hydrogen-bond donors (Lipinski definition) is 0. The highest BCUT2D eigenvalue weighted by Crippen LogP contribution is 2.17. The van der Waals surface area contributed by atoms with Crippen LogP contribution in [0.15, 0.2) is 30.3 Å². The normalized spacial score (nSPS) is 10.2. The van der Waals surface area contributed by atoms with E-state index in [1.54, 1.807) is 48.7 Å². The van der Waals surface area contributed by atoms with Crippen LogP contribution in [-0.4, -0.2) is 23.1 Å². The second-order valence-electron chi connectivity index (χ2n) is 5.52. The van der Waals surface area contributed by atoms with Gasteiger partial charge < -0.3 is 14.0 Å². The molecule has 0 aliphatic rings. The molecule has 25 heavy (non-hydrogen) atoms. The molecule has 0 spiro atoms. The molecule has 0 unspecified atom stereocenters. The summed E-state index contributed by atoms with van der Waals surface area (Å²) in [6, 6.07) is 10.7. The molecule has 0 aliphatic heterocycles. The highest BCUT2D eigenvalue weighted by Gasteiger charge is 2.18. The summed E-state index contributed by atoms with van der Waals surface area (Å²) in [6.07, 6.45) is 0. The van der Waals surface area contributed by atoms with Crippen molar-refractivity contribution in [3.63, 3.8) is 0 Å². The molecule has 0 N–H and O–H groups in total. The van der Waals surface area contributed by atoms with Gasteiger partial charge in [0.15, 0.2) is 0 Å². The fourth-order valence-corrected chi connectivity index (χ4v) is 2.55. The molecule has 1 heterocycles. The van der Waals surface area contributed by atoms with Crippen molar-refractivity contribution in [2.24, 2.45) is 0 Å². The Morgan fingerprint density at radius 1 is 1.20 bits per heavy atom. The molecule has 0 aliphatic carbocycles. The summed E-state index contributed by atoms with van der Waals surface area (Å²) in [5, 5.41) is 9.05. The van der Waals surface area contributed by atoms with Crippen LogP contribution in [-0.2, 0) is 27.4 Å². The van der Waals surface area contributed by atoms with Gasteiger partial charge >= 0.3 is 11.9 Å². The van der Waals surface area contributed by atoms with Gasteiger partial charge in [-0.05, 0) is 32.9 Å². The van der Waals surface area contributed by atoms with E-state index in [0.29, 0.717) is 29.0 Å². The molecule has 1 aromatic carbocycles. The molecule has 130 valence electrons. The second-order valence-corrected chi connectivity index (χ2v) is 5.52. The quantitative estimate of drug-likeness (QED) is 0.755. The monoisotopic (exact) mass is 340 g/mol. The summed E-state index contributed by atoms with van der Waals surface area (Å²) in [5.74, 6) is -0.844. The SMILES string of the molecule is CCOC(=O)c1cc(C)n(CC(=O)OCc2ccccc2C#N)c1C. The van der Waals surface area contributed by atoms with E-state index in [1.165, 1.54) is 0 Å². The number of aromatic nitrogens is 1. The number of nitriles is 1. The van der Waals surface area contributed by atoms with Crippen LogP contribution in [0.2, 0.25) is 0 Å². The number of carbonyl (C=O) groups excluding carboxylic acids is 2. The van der Waals surface area contributed by atoms with Crippen LogP contribution in [0.4, 0.5) is 0 Å². The van der Waals surface area contributed by atoms with Gasteiger partial charge in [0.1, 0.15) is 13.2 Å². The number of nitrogens with zero attached hydrogens (tertiary/aromatic N) is 2.